The largest absolute Gasteiger partial charge is 0.478 e. The summed E-state index contributed by atoms with van der Waals surface area (Å²) in [5, 5.41) is 11.8. The van der Waals surface area contributed by atoms with Crippen molar-refractivity contribution in [2.45, 2.75) is 6.42 Å². The number of aromatic carboxylic acids is 1. The number of anilines is 1. The molecular weight excluding hydrogens is 228 g/mol. The Morgan fingerprint density at radius 3 is 3.00 bits per heavy atom. The number of aromatic nitrogens is 1. The van der Waals surface area contributed by atoms with E-state index in [0.29, 0.717) is 18.1 Å². The molecule has 0 saturated heterocycles. The number of rotatable bonds is 6. The summed E-state index contributed by atoms with van der Waals surface area (Å²) in [6.45, 7) is 0.566. The molecule has 1 aromatic rings. The second kappa shape index (κ2) is 6.22. The highest BCUT2D eigenvalue weighted by Gasteiger charge is 2.09. The van der Waals surface area contributed by atoms with Crippen LogP contribution in [0.25, 0.3) is 0 Å². The summed E-state index contributed by atoms with van der Waals surface area (Å²) < 4.78 is 10.8. The number of nitrogens with zero attached hydrogens (tertiary/aromatic N) is 1. The molecule has 0 bridgehead atoms. The van der Waals surface area contributed by atoms with Gasteiger partial charge in [0.2, 0.25) is 0 Å². The minimum absolute atomic E-state index is 0.153. The van der Waals surface area contributed by atoms with Gasteiger partial charge in [-0.25, -0.2) is 9.78 Å². The fourth-order valence-electron chi connectivity index (χ4n) is 1.20. The quantitative estimate of drug-likeness (QED) is 0.726. The van der Waals surface area contributed by atoms with Crippen molar-refractivity contribution in [3.05, 3.63) is 23.9 Å². The van der Waals surface area contributed by atoms with Crippen LogP contribution < -0.4 is 5.32 Å². The molecule has 2 N–H and O–H groups in total. The van der Waals surface area contributed by atoms with Crippen LogP contribution in [0.1, 0.15) is 16.8 Å². The summed E-state index contributed by atoms with van der Waals surface area (Å²) in [6.07, 6.45) is 3.90. The van der Waals surface area contributed by atoms with E-state index < -0.39 is 16.8 Å². The number of carbonyl (C=O) groups is 1. The van der Waals surface area contributed by atoms with Crippen LogP contribution in [-0.4, -0.2) is 38.8 Å². The van der Waals surface area contributed by atoms with Crippen LogP contribution in [-0.2, 0) is 10.8 Å². The van der Waals surface area contributed by atoms with Gasteiger partial charge in [-0.3, -0.25) is 4.21 Å². The lowest BCUT2D eigenvalue weighted by Gasteiger charge is -2.07. The third-order valence-corrected chi connectivity index (χ3v) is 2.80. The topological polar surface area (TPSA) is 79.3 Å². The first-order valence-electron chi connectivity index (χ1n) is 4.83. The molecule has 6 heteroatoms. The highest BCUT2D eigenvalue weighted by molar-refractivity contribution is 7.84. The van der Waals surface area contributed by atoms with Crippen molar-refractivity contribution in [1.82, 2.24) is 4.98 Å². The SMILES string of the molecule is CS(=O)CCCNc1ncccc1C(=O)O. The summed E-state index contributed by atoms with van der Waals surface area (Å²) in [7, 11) is -0.814. The Morgan fingerprint density at radius 1 is 1.62 bits per heavy atom. The van der Waals surface area contributed by atoms with Crippen LogP contribution in [0.2, 0.25) is 0 Å². The van der Waals surface area contributed by atoms with Crippen molar-refractivity contribution in [2.75, 3.05) is 23.9 Å². The molecule has 0 aliphatic rings. The van der Waals surface area contributed by atoms with Crippen molar-refractivity contribution < 1.29 is 14.1 Å². The third-order valence-electron chi connectivity index (χ3n) is 1.94. The Labute approximate surface area is 96.4 Å². The average Bonchev–Trinajstić information content (AvgIpc) is 2.24. The fraction of sp³-hybridized carbons (Fsp3) is 0.400. The van der Waals surface area contributed by atoms with E-state index in [1.807, 2.05) is 0 Å². The molecule has 0 radical (unpaired) electrons. The van der Waals surface area contributed by atoms with Crippen LogP contribution in [0.4, 0.5) is 5.82 Å². The van der Waals surface area contributed by atoms with Gasteiger partial charge in [0.05, 0.1) is 0 Å². The van der Waals surface area contributed by atoms with Gasteiger partial charge in [0.15, 0.2) is 0 Å². The highest BCUT2D eigenvalue weighted by atomic mass is 32.2. The van der Waals surface area contributed by atoms with Gasteiger partial charge >= 0.3 is 5.97 Å². The van der Waals surface area contributed by atoms with Crippen LogP contribution in [0, 0.1) is 0 Å². The molecule has 0 fully saturated rings. The van der Waals surface area contributed by atoms with Gasteiger partial charge in [-0.1, -0.05) is 0 Å². The lowest BCUT2D eigenvalue weighted by atomic mass is 10.2. The number of carboxylic acid groups (broad SMARTS) is 1. The molecule has 0 aromatic carbocycles. The summed E-state index contributed by atoms with van der Waals surface area (Å²) >= 11 is 0. The Balaban J connectivity index is 2.53. The molecule has 0 aliphatic carbocycles. The number of hydrogen-bond acceptors (Lipinski definition) is 4. The van der Waals surface area contributed by atoms with Gasteiger partial charge in [-0.05, 0) is 18.6 Å². The molecule has 88 valence electrons. The Hall–Kier alpha value is -1.43. The van der Waals surface area contributed by atoms with Gasteiger partial charge in [0.1, 0.15) is 11.4 Å². The molecule has 0 aliphatic heterocycles. The van der Waals surface area contributed by atoms with Crippen LogP contribution in [0.5, 0.6) is 0 Å². The van der Waals surface area contributed by atoms with E-state index in [0.717, 1.165) is 6.42 Å². The maximum absolute atomic E-state index is 10.8. The van der Waals surface area contributed by atoms with Crippen LogP contribution in [0.3, 0.4) is 0 Å². The zero-order valence-electron chi connectivity index (χ0n) is 8.97. The first kappa shape index (κ1) is 12.6. The number of pyridine rings is 1. The fourth-order valence-corrected chi connectivity index (χ4v) is 1.75. The Kier molecular flexibility index (Phi) is 4.91. The maximum atomic E-state index is 10.8. The molecule has 1 aromatic heterocycles. The molecule has 1 atom stereocenters. The van der Waals surface area contributed by atoms with Crippen molar-refractivity contribution in [3.8, 4) is 0 Å². The summed E-state index contributed by atoms with van der Waals surface area (Å²) in [5.74, 6) is -0.0473. The summed E-state index contributed by atoms with van der Waals surface area (Å²) in [6, 6.07) is 3.07. The van der Waals surface area contributed by atoms with Crippen molar-refractivity contribution in [1.29, 1.82) is 0 Å². The minimum atomic E-state index is -1.00. The molecular formula is C10H14N2O3S. The molecule has 1 unspecified atom stereocenters. The minimum Gasteiger partial charge on any atom is -0.478 e. The maximum Gasteiger partial charge on any atom is 0.339 e. The van der Waals surface area contributed by atoms with Crippen molar-refractivity contribution >= 4 is 22.6 Å². The first-order valence-corrected chi connectivity index (χ1v) is 6.56. The van der Waals surface area contributed by atoms with Crippen molar-refractivity contribution in [3.63, 3.8) is 0 Å². The zero-order chi connectivity index (χ0) is 12.0. The van der Waals surface area contributed by atoms with Gasteiger partial charge in [-0.2, -0.15) is 0 Å². The van der Waals surface area contributed by atoms with Gasteiger partial charge < -0.3 is 10.4 Å². The predicted octanol–water partition coefficient (Wildman–Crippen LogP) is 0.960. The van der Waals surface area contributed by atoms with E-state index in [2.05, 4.69) is 10.3 Å². The third kappa shape index (κ3) is 3.98. The number of nitrogens with one attached hydrogen (secondary N) is 1. The smallest absolute Gasteiger partial charge is 0.339 e. The predicted molar refractivity (Wildman–Crippen MR) is 63.2 cm³/mol. The molecule has 0 saturated carbocycles. The number of hydrogen-bond donors (Lipinski definition) is 2. The van der Waals surface area contributed by atoms with E-state index in [9.17, 15) is 9.00 Å². The van der Waals surface area contributed by atoms with Crippen molar-refractivity contribution in [2.24, 2.45) is 0 Å². The van der Waals surface area contributed by atoms with Gasteiger partial charge in [0, 0.05) is 35.5 Å². The molecule has 16 heavy (non-hydrogen) atoms. The molecule has 0 amide bonds. The van der Waals surface area contributed by atoms with E-state index in [-0.39, 0.29) is 5.56 Å². The number of carboxylic acids is 1. The van der Waals surface area contributed by atoms with Gasteiger partial charge in [-0.15, -0.1) is 0 Å². The monoisotopic (exact) mass is 242 g/mol. The lowest BCUT2D eigenvalue weighted by molar-refractivity contribution is 0.0697. The lowest BCUT2D eigenvalue weighted by Crippen LogP contribution is -2.11. The molecule has 1 heterocycles. The normalized spacial score (nSPS) is 12.1. The first-order chi connectivity index (χ1) is 7.61. The second-order valence-corrected chi connectivity index (χ2v) is 4.82. The molecule has 0 spiro atoms. The Morgan fingerprint density at radius 2 is 2.38 bits per heavy atom. The average molecular weight is 242 g/mol. The van der Waals surface area contributed by atoms with Crippen LogP contribution >= 0.6 is 0 Å². The summed E-state index contributed by atoms with van der Waals surface area (Å²) in [5.41, 5.74) is 0.153. The van der Waals surface area contributed by atoms with E-state index in [4.69, 9.17) is 5.11 Å². The zero-order valence-corrected chi connectivity index (χ0v) is 9.79. The Bertz CT molecular complexity index is 395. The van der Waals surface area contributed by atoms with E-state index in [1.165, 1.54) is 12.3 Å². The summed E-state index contributed by atoms with van der Waals surface area (Å²) in [4.78, 5) is 14.8. The molecule has 5 nitrogen and oxygen atoms in total. The van der Waals surface area contributed by atoms with E-state index >= 15 is 0 Å². The molecule has 1 rings (SSSR count). The second-order valence-electron chi connectivity index (χ2n) is 3.26. The standard InChI is InChI=1S/C10H14N2O3S/c1-16(15)7-3-6-12-9-8(10(13)14)4-2-5-11-9/h2,4-5H,3,6-7H2,1H3,(H,11,12)(H,13,14). The van der Waals surface area contributed by atoms with Gasteiger partial charge in [0.25, 0.3) is 0 Å². The van der Waals surface area contributed by atoms with Crippen LogP contribution in [0.15, 0.2) is 18.3 Å². The highest BCUT2D eigenvalue weighted by Crippen LogP contribution is 2.10. The van der Waals surface area contributed by atoms with E-state index in [1.54, 1.807) is 12.3 Å².